The largest absolute Gasteiger partial charge is 0.489 e. The number of ether oxygens (including phenoxy) is 1. The number of hydrogen-bond acceptors (Lipinski definition) is 2. The van der Waals surface area contributed by atoms with Crippen LogP contribution in [0.15, 0.2) is 18.2 Å². The number of rotatable bonds is 3. The van der Waals surface area contributed by atoms with E-state index in [-0.39, 0.29) is 11.9 Å². The maximum atomic E-state index is 12.8. The van der Waals surface area contributed by atoms with E-state index in [4.69, 9.17) is 22.1 Å². The van der Waals surface area contributed by atoms with E-state index >= 15 is 0 Å². The van der Waals surface area contributed by atoms with Crippen molar-refractivity contribution in [3.8, 4) is 5.75 Å². The van der Waals surface area contributed by atoms with Gasteiger partial charge in [0.1, 0.15) is 11.6 Å². The van der Waals surface area contributed by atoms with Crippen LogP contribution in [0.2, 0.25) is 5.02 Å². The molecule has 0 aromatic heterocycles. The summed E-state index contributed by atoms with van der Waals surface area (Å²) in [6, 6.07) is 4.20. The van der Waals surface area contributed by atoms with Crippen molar-refractivity contribution in [3.63, 3.8) is 0 Å². The standard InChI is InChI=1S/C12H15ClFNO/c13-11-6-9(14)2-4-12(11)16-10-3-1-8(5-10)7-15/h2,4,6,8,10H,1,3,5,7,15H2. The second-order valence-corrected chi connectivity index (χ2v) is 4.64. The van der Waals surface area contributed by atoms with E-state index in [1.165, 1.54) is 12.1 Å². The van der Waals surface area contributed by atoms with Crippen molar-refractivity contribution >= 4 is 11.6 Å². The third kappa shape index (κ3) is 2.66. The van der Waals surface area contributed by atoms with E-state index < -0.39 is 0 Å². The van der Waals surface area contributed by atoms with Crippen LogP contribution < -0.4 is 10.5 Å². The van der Waals surface area contributed by atoms with Gasteiger partial charge >= 0.3 is 0 Å². The maximum absolute atomic E-state index is 12.8. The first-order valence-electron chi connectivity index (χ1n) is 5.51. The summed E-state index contributed by atoms with van der Waals surface area (Å²) in [4.78, 5) is 0. The zero-order valence-electron chi connectivity index (χ0n) is 8.96. The first kappa shape index (κ1) is 11.7. The zero-order valence-corrected chi connectivity index (χ0v) is 9.71. The smallest absolute Gasteiger partial charge is 0.138 e. The second kappa shape index (κ2) is 5.02. The average Bonchev–Trinajstić information content (AvgIpc) is 2.70. The molecule has 0 bridgehead atoms. The van der Waals surface area contributed by atoms with Crippen LogP contribution in [0, 0.1) is 11.7 Å². The molecule has 0 aliphatic heterocycles. The lowest BCUT2D eigenvalue weighted by molar-refractivity contribution is 0.204. The molecule has 2 N–H and O–H groups in total. The molecule has 0 spiro atoms. The van der Waals surface area contributed by atoms with Crippen molar-refractivity contribution in [2.45, 2.75) is 25.4 Å². The normalized spacial score (nSPS) is 24.7. The molecular formula is C12H15ClFNO. The van der Waals surface area contributed by atoms with Gasteiger partial charge in [-0.15, -0.1) is 0 Å². The molecule has 2 unspecified atom stereocenters. The van der Waals surface area contributed by atoms with E-state index in [0.29, 0.717) is 23.2 Å². The van der Waals surface area contributed by atoms with Crippen LogP contribution in [0.3, 0.4) is 0 Å². The molecular weight excluding hydrogens is 229 g/mol. The van der Waals surface area contributed by atoms with Crippen LogP contribution in [0.4, 0.5) is 4.39 Å². The van der Waals surface area contributed by atoms with E-state index in [1.54, 1.807) is 6.07 Å². The van der Waals surface area contributed by atoms with E-state index in [1.807, 2.05) is 0 Å². The van der Waals surface area contributed by atoms with Crippen LogP contribution in [0.1, 0.15) is 19.3 Å². The molecule has 0 amide bonds. The van der Waals surface area contributed by atoms with Gasteiger partial charge in [-0.25, -0.2) is 4.39 Å². The van der Waals surface area contributed by atoms with Crippen LogP contribution in [0.5, 0.6) is 5.75 Å². The SMILES string of the molecule is NCC1CCC(Oc2ccc(F)cc2Cl)C1. The Kier molecular flexibility index (Phi) is 3.66. The molecule has 1 aliphatic carbocycles. The molecule has 0 radical (unpaired) electrons. The zero-order chi connectivity index (χ0) is 11.5. The van der Waals surface area contributed by atoms with E-state index in [0.717, 1.165) is 19.3 Å². The molecule has 0 heterocycles. The summed E-state index contributed by atoms with van der Waals surface area (Å²) >= 11 is 5.89. The van der Waals surface area contributed by atoms with Crippen molar-refractivity contribution in [2.24, 2.45) is 11.7 Å². The molecule has 88 valence electrons. The molecule has 1 aromatic carbocycles. The lowest BCUT2D eigenvalue weighted by Crippen LogP contribution is -2.16. The van der Waals surface area contributed by atoms with Crippen molar-refractivity contribution in [2.75, 3.05) is 6.54 Å². The van der Waals surface area contributed by atoms with E-state index in [9.17, 15) is 4.39 Å². The van der Waals surface area contributed by atoms with Gasteiger partial charge in [-0.1, -0.05) is 11.6 Å². The second-order valence-electron chi connectivity index (χ2n) is 4.23. The Morgan fingerprint density at radius 3 is 2.88 bits per heavy atom. The fourth-order valence-corrected chi connectivity index (χ4v) is 2.31. The highest BCUT2D eigenvalue weighted by atomic mass is 35.5. The fraction of sp³-hybridized carbons (Fsp3) is 0.500. The fourth-order valence-electron chi connectivity index (χ4n) is 2.10. The molecule has 16 heavy (non-hydrogen) atoms. The summed E-state index contributed by atoms with van der Waals surface area (Å²) in [5.41, 5.74) is 5.61. The lowest BCUT2D eigenvalue weighted by atomic mass is 10.1. The van der Waals surface area contributed by atoms with Gasteiger partial charge in [0.05, 0.1) is 11.1 Å². The molecule has 2 rings (SSSR count). The van der Waals surface area contributed by atoms with E-state index in [2.05, 4.69) is 0 Å². The molecule has 1 fully saturated rings. The van der Waals surface area contributed by atoms with Crippen LogP contribution >= 0.6 is 11.6 Å². The minimum atomic E-state index is -0.344. The van der Waals surface area contributed by atoms with Gasteiger partial charge in [-0.3, -0.25) is 0 Å². The molecule has 4 heteroatoms. The Balaban J connectivity index is 1.99. The minimum Gasteiger partial charge on any atom is -0.489 e. The van der Waals surface area contributed by atoms with Gasteiger partial charge in [-0.2, -0.15) is 0 Å². The molecule has 1 saturated carbocycles. The molecule has 1 aliphatic rings. The van der Waals surface area contributed by atoms with Crippen molar-refractivity contribution in [1.82, 2.24) is 0 Å². The first-order valence-corrected chi connectivity index (χ1v) is 5.88. The summed E-state index contributed by atoms with van der Waals surface area (Å²) in [7, 11) is 0. The third-order valence-corrected chi connectivity index (χ3v) is 3.31. The highest BCUT2D eigenvalue weighted by molar-refractivity contribution is 6.32. The molecule has 2 atom stereocenters. The summed E-state index contributed by atoms with van der Waals surface area (Å²) in [5, 5.41) is 0.330. The monoisotopic (exact) mass is 243 g/mol. The average molecular weight is 244 g/mol. The van der Waals surface area contributed by atoms with Crippen LogP contribution in [-0.2, 0) is 0 Å². The highest BCUT2D eigenvalue weighted by Gasteiger charge is 2.25. The number of nitrogens with two attached hydrogens (primary N) is 1. The third-order valence-electron chi connectivity index (χ3n) is 3.01. The maximum Gasteiger partial charge on any atom is 0.138 e. The Labute approximate surface area is 99.5 Å². The highest BCUT2D eigenvalue weighted by Crippen LogP contribution is 2.32. The topological polar surface area (TPSA) is 35.2 Å². The number of hydrogen-bond donors (Lipinski definition) is 1. The predicted octanol–water partition coefficient (Wildman–Crippen LogP) is 2.99. The summed E-state index contributed by atoms with van der Waals surface area (Å²) < 4.78 is 18.6. The Bertz CT molecular complexity index is 372. The summed E-state index contributed by atoms with van der Waals surface area (Å²) in [6.07, 6.45) is 3.22. The Hall–Kier alpha value is -0.800. The molecule has 0 saturated heterocycles. The van der Waals surface area contributed by atoms with Gasteiger partial charge in [-0.05, 0) is 49.9 Å². The Morgan fingerprint density at radius 2 is 2.25 bits per heavy atom. The van der Waals surface area contributed by atoms with Gasteiger partial charge in [0, 0.05) is 0 Å². The molecule has 1 aromatic rings. The van der Waals surface area contributed by atoms with Crippen molar-refractivity contribution in [3.05, 3.63) is 29.0 Å². The quantitative estimate of drug-likeness (QED) is 0.886. The van der Waals surface area contributed by atoms with Crippen LogP contribution in [-0.4, -0.2) is 12.6 Å². The van der Waals surface area contributed by atoms with Crippen molar-refractivity contribution in [1.29, 1.82) is 0 Å². The lowest BCUT2D eigenvalue weighted by Gasteiger charge is -2.14. The number of halogens is 2. The van der Waals surface area contributed by atoms with Crippen LogP contribution in [0.25, 0.3) is 0 Å². The van der Waals surface area contributed by atoms with Gasteiger partial charge < -0.3 is 10.5 Å². The number of benzene rings is 1. The molecule has 2 nitrogen and oxygen atoms in total. The van der Waals surface area contributed by atoms with Gasteiger partial charge in [0.15, 0.2) is 0 Å². The first-order chi connectivity index (χ1) is 7.69. The summed E-state index contributed by atoms with van der Waals surface area (Å²) in [5.74, 6) is 0.763. The van der Waals surface area contributed by atoms with Crippen molar-refractivity contribution < 1.29 is 9.13 Å². The van der Waals surface area contributed by atoms with Gasteiger partial charge in [0.2, 0.25) is 0 Å². The predicted molar refractivity (Wildman–Crippen MR) is 62.2 cm³/mol. The Morgan fingerprint density at radius 1 is 1.44 bits per heavy atom. The summed E-state index contributed by atoms with van der Waals surface area (Å²) in [6.45, 7) is 0.705. The minimum absolute atomic E-state index is 0.163. The van der Waals surface area contributed by atoms with Gasteiger partial charge in [0.25, 0.3) is 0 Å².